The van der Waals surface area contributed by atoms with Gasteiger partial charge in [-0.05, 0) is 18.6 Å². The monoisotopic (exact) mass is 168 g/mol. The van der Waals surface area contributed by atoms with Gasteiger partial charge in [0.1, 0.15) is 11.9 Å². The molecule has 0 saturated carbocycles. The minimum atomic E-state index is -1.00. The predicted octanol–water partition coefficient (Wildman–Crippen LogP) is 1.85. The van der Waals surface area contributed by atoms with Gasteiger partial charge in [0.05, 0.1) is 0 Å². The average Bonchev–Trinajstić information content (AvgIpc) is 2.11. The molecule has 0 aromatic carbocycles. The Morgan fingerprint density at radius 1 is 1.58 bits per heavy atom. The number of carbonyl (C=O) groups is 1. The molecule has 2 heteroatoms. The molecule has 0 spiro atoms. The van der Waals surface area contributed by atoms with E-state index >= 15 is 0 Å². The topological polar surface area (TPSA) is 37.3 Å². The first-order chi connectivity index (χ1) is 5.68. The first-order valence-electron chi connectivity index (χ1n) is 4.17. The molecule has 0 radical (unpaired) electrons. The number of carbonyl (C=O) groups excluding carboxylic acids is 1. The van der Waals surface area contributed by atoms with Crippen LogP contribution in [0, 0.1) is 0 Å². The van der Waals surface area contributed by atoms with Crippen LogP contribution in [0.15, 0.2) is 24.8 Å². The van der Waals surface area contributed by atoms with Gasteiger partial charge in [0.25, 0.3) is 0 Å². The van der Waals surface area contributed by atoms with Crippen LogP contribution in [0.1, 0.15) is 26.2 Å². The summed E-state index contributed by atoms with van der Waals surface area (Å²) < 4.78 is 0. The molecular weight excluding hydrogens is 152 g/mol. The summed E-state index contributed by atoms with van der Waals surface area (Å²) >= 11 is 0. The molecule has 1 atom stereocenters. The Bertz CT molecular complexity index is 173. The predicted molar refractivity (Wildman–Crippen MR) is 49.9 cm³/mol. The Kier molecular flexibility index (Phi) is 5.30. The highest BCUT2D eigenvalue weighted by Gasteiger charge is 2.16. The number of unbranched alkanes of at least 4 members (excludes halogenated alkanes) is 1. The molecule has 2 nitrogen and oxygen atoms in total. The van der Waals surface area contributed by atoms with E-state index in [0.717, 1.165) is 12.8 Å². The molecule has 0 saturated heterocycles. The van der Waals surface area contributed by atoms with Gasteiger partial charge < -0.3 is 5.11 Å². The Morgan fingerprint density at radius 2 is 2.25 bits per heavy atom. The second kappa shape index (κ2) is 5.72. The Labute approximate surface area is 73.6 Å². The molecule has 68 valence electrons. The number of rotatable bonds is 6. The lowest BCUT2D eigenvalue weighted by Crippen LogP contribution is -2.21. The van der Waals surface area contributed by atoms with Gasteiger partial charge in [0, 0.05) is 0 Å². The SMILES string of the molecule is C=CC(O)(/C=C/C=O)CCCC. The molecule has 0 bridgehead atoms. The van der Waals surface area contributed by atoms with Gasteiger partial charge in [-0.2, -0.15) is 0 Å². The smallest absolute Gasteiger partial charge is 0.142 e. The standard InChI is InChI=1S/C10H16O2/c1-3-5-7-10(12,4-2)8-6-9-11/h4,6,8-9,12H,2-3,5,7H2,1H3/b8-6+. The van der Waals surface area contributed by atoms with E-state index in [4.69, 9.17) is 0 Å². The second-order valence-electron chi connectivity index (χ2n) is 2.79. The maximum absolute atomic E-state index is 10.0. The maximum Gasteiger partial charge on any atom is 0.142 e. The number of aliphatic hydroxyl groups is 1. The van der Waals surface area contributed by atoms with Crippen molar-refractivity contribution in [1.82, 2.24) is 0 Å². The summed E-state index contributed by atoms with van der Waals surface area (Å²) in [5, 5.41) is 9.72. The van der Waals surface area contributed by atoms with Gasteiger partial charge in [0.15, 0.2) is 0 Å². The van der Waals surface area contributed by atoms with Crippen LogP contribution in [0.3, 0.4) is 0 Å². The van der Waals surface area contributed by atoms with Crippen LogP contribution >= 0.6 is 0 Å². The molecule has 0 aliphatic carbocycles. The van der Waals surface area contributed by atoms with Crippen LogP contribution < -0.4 is 0 Å². The zero-order valence-corrected chi connectivity index (χ0v) is 7.49. The first kappa shape index (κ1) is 11.1. The summed E-state index contributed by atoms with van der Waals surface area (Å²) in [6, 6.07) is 0. The van der Waals surface area contributed by atoms with Crippen molar-refractivity contribution in [3.8, 4) is 0 Å². The van der Waals surface area contributed by atoms with Crippen molar-refractivity contribution in [2.75, 3.05) is 0 Å². The molecule has 0 rings (SSSR count). The number of hydrogen-bond donors (Lipinski definition) is 1. The van der Waals surface area contributed by atoms with Gasteiger partial charge in [-0.1, -0.05) is 32.4 Å². The third-order valence-electron chi connectivity index (χ3n) is 1.75. The first-order valence-corrected chi connectivity index (χ1v) is 4.17. The minimum Gasteiger partial charge on any atom is -0.382 e. The Hall–Kier alpha value is -0.890. The minimum absolute atomic E-state index is 0.622. The third kappa shape index (κ3) is 4.09. The maximum atomic E-state index is 10.0. The zero-order chi connectivity index (χ0) is 9.45. The fourth-order valence-corrected chi connectivity index (χ4v) is 0.919. The van der Waals surface area contributed by atoms with Gasteiger partial charge in [-0.3, -0.25) is 4.79 Å². The van der Waals surface area contributed by atoms with E-state index < -0.39 is 5.60 Å². The molecule has 0 amide bonds. The Morgan fingerprint density at radius 3 is 2.67 bits per heavy atom. The molecule has 0 aromatic heterocycles. The quantitative estimate of drug-likeness (QED) is 0.373. The number of allylic oxidation sites excluding steroid dienone is 1. The van der Waals surface area contributed by atoms with Crippen molar-refractivity contribution in [3.05, 3.63) is 24.8 Å². The van der Waals surface area contributed by atoms with E-state index in [1.165, 1.54) is 18.2 Å². The molecule has 0 aliphatic rings. The van der Waals surface area contributed by atoms with E-state index in [1.807, 2.05) is 6.92 Å². The fourth-order valence-electron chi connectivity index (χ4n) is 0.919. The van der Waals surface area contributed by atoms with Crippen LogP contribution in [0.4, 0.5) is 0 Å². The highest BCUT2D eigenvalue weighted by molar-refractivity contribution is 5.65. The van der Waals surface area contributed by atoms with E-state index in [-0.39, 0.29) is 0 Å². The fraction of sp³-hybridized carbons (Fsp3) is 0.500. The van der Waals surface area contributed by atoms with Crippen LogP contribution in [-0.2, 0) is 4.79 Å². The highest BCUT2D eigenvalue weighted by Crippen LogP contribution is 2.16. The molecule has 1 unspecified atom stereocenters. The van der Waals surface area contributed by atoms with Crippen LogP contribution in [-0.4, -0.2) is 17.0 Å². The van der Waals surface area contributed by atoms with Crippen molar-refractivity contribution in [3.63, 3.8) is 0 Å². The summed E-state index contributed by atoms with van der Waals surface area (Å²) in [5.74, 6) is 0. The average molecular weight is 168 g/mol. The molecule has 0 fully saturated rings. The Balaban J connectivity index is 4.12. The number of hydrogen-bond acceptors (Lipinski definition) is 2. The summed E-state index contributed by atoms with van der Waals surface area (Å²) in [4.78, 5) is 10.0. The van der Waals surface area contributed by atoms with Gasteiger partial charge >= 0.3 is 0 Å². The molecule has 0 aliphatic heterocycles. The van der Waals surface area contributed by atoms with E-state index in [0.29, 0.717) is 12.7 Å². The molecule has 1 N–H and O–H groups in total. The van der Waals surface area contributed by atoms with E-state index in [2.05, 4.69) is 6.58 Å². The van der Waals surface area contributed by atoms with Crippen molar-refractivity contribution in [1.29, 1.82) is 0 Å². The zero-order valence-electron chi connectivity index (χ0n) is 7.49. The van der Waals surface area contributed by atoms with Crippen LogP contribution in [0.2, 0.25) is 0 Å². The van der Waals surface area contributed by atoms with Gasteiger partial charge in [-0.25, -0.2) is 0 Å². The largest absolute Gasteiger partial charge is 0.382 e. The molecule has 0 heterocycles. The lowest BCUT2D eigenvalue weighted by molar-refractivity contribution is -0.104. The van der Waals surface area contributed by atoms with E-state index in [9.17, 15) is 9.90 Å². The second-order valence-corrected chi connectivity index (χ2v) is 2.79. The summed E-state index contributed by atoms with van der Waals surface area (Å²) in [5.41, 5.74) is -1.00. The van der Waals surface area contributed by atoms with E-state index in [1.54, 1.807) is 0 Å². The summed E-state index contributed by atoms with van der Waals surface area (Å²) in [7, 11) is 0. The molecule has 12 heavy (non-hydrogen) atoms. The number of aldehydes is 1. The normalized spacial score (nSPS) is 15.8. The third-order valence-corrected chi connectivity index (χ3v) is 1.75. The van der Waals surface area contributed by atoms with Gasteiger partial charge in [0.2, 0.25) is 0 Å². The van der Waals surface area contributed by atoms with Crippen molar-refractivity contribution in [2.45, 2.75) is 31.8 Å². The van der Waals surface area contributed by atoms with Crippen LogP contribution in [0.5, 0.6) is 0 Å². The van der Waals surface area contributed by atoms with Crippen molar-refractivity contribution >= 4 is 6.29 Å². The molecule has 0 aromatic rings. The van der Waals surface area contributed by atoms with Gasteiger partial charge in [-0.15, -0.1) is 0 Å². The van der Waals surface area contributed by atoms with Crippen molar-refractivity contribution < 1.29 is 9.90 Å². The molecular formula is C10H16O2. The van der Waals surface area contributed by atoms with Crippen LogP contribution in [0.25, 0.3) is 0 Å². The highest BCUT2D eigenvalue weighted by atomic mass is 16.3. The summed E-state index contributed by atoms with van der Waals surface area (Å²) in [6.45, 7) is 5.57. The lowest BCUT2D eigenvalue weighted by atomic mass is 9.96. The summed E-state index contributed by atoms with van der Waals surface area (Å²) in [6.07, 6.45) is 7.46. The lowest BCUT2D eigenvalue weighted by Gasteiger charge is -2.18. The van der Waals surface area contributed by atoms with Crippen molar-refractivity contribution in [2.24, 2.45) is 0 Å².